The summed E-state index contributed by atoms with van der Waals surface area (Å²) in [6.07, 6.45) is -22.9. The van der Waals surface area contributed by atoms with Gasteiger partial charge >= 0.3 is 18.5 Å². The molecule has 11 aliphatic rings. The smallest absolute Gasteiger partial charge is 0.424 e. The summed E-state index contributed by atoms with van der Waals surface area (Å²) < 4.78 is 147. The number of hydrogen-bond acceptors (Lipinski definition) is 30. The quantitative estimate of drug-likeness (QED) is 0.0419. The van der Waals surface area contributed by atoms with Gasteiger partial charge in [0, 0.05) is 28.7 Å². The molecule has 28 atom stereocenters. The van der Waals surface area contributed by atoms with Gasteiger partial charge in [0.1, 0.15) is 90.9 Å². The molecule has 11 fully saturated rings. The summed E-state index contributed by atoms with van der Waals surface area (Å²) in [5.74, 6) is 0. The number of ether oxygens (including phenoxy) is 24. The second-order valence-corrected chi connectivity index (χ2v) is 31.3. The maximum absolute atomic E-state index is 12.9. The summed E-state index contributed by atoms with van der Waals surface area (Å²) in [7, 11) is 1.48. The first-order valence-electron chi connectivity index (χ1n) is 40.2. The van der Waals surface area contributed by atoms with E-state index in [4.69, 9.17) is 114 Å². The Hall–Kier alpha value is -8.88. The Morgan fingerprint density at radius 2 is 0.717 bits per heavy atom. The fourth-order valence-electron chi connectivity index (χ4n) is 16.3. The minimum Gasteiger partial charge on any atom is -0.424 e. The number of aliphatic hydroxyl groups is 2. The molecule has 0 aromatic heterocycles. The van der Waals surface area contributed by atoms with E-state index in [9.17, 15) is 24.6 Å². The molecule has 634 valence electrons. The predicted octanol–water partition coefficient (Wildman–Crippen LogP) is 11.2. The molecular weight excluding hydrogens is 1580 g/mol. The van der Waals surface area contributed by atoms with Gasteiger partial charge in [0.25, 0.3) is 0 Å². The highest BCUT2D eigenvalue weighted by atomic mass is 32.2. The molecule has 2 N–H and O–H groups in total. The van der Waals surface area contributed by atoms with Crippen LogP contribution in [-0.2, 0) is 140 Å². The number of fused-ring (bicyclic) bond motifs is 9. The molecule has 0 radical (unpaired) electrons. The molecule has 8 aromatic rings. The van der Waals surface area contributed by atoms with Gasteiger partial charge in [0.05, 0.1) is 65.6 Å². The lowest BCUT2D eigenvalue weighted by atomic mass is 9.93. The van der Waals surface area contributed by atoms with E-state index in [-0.39, 0.29) is 51.2 Å². The van der Waals surface area contributed by atoms with Crippen LogP contribution in [0.5, 0.6) is 0 Å². The number of carbonyl (C=O) groups excluding carboxylic acids is 3. The number of rotatable bonds is 24. The van der Waals surface area contributed by atoms with Crippen molar-refractivity contribution in [2.24, 2.45) is 0 Å². The molecule has 0 bridgehead atoms. The summed E-state index contributed by atoms with van der Waals surface area (Å²) in [5.41, 5.74) is 5.92. The number of hydrogen-bond donors (Lipinski definition) is 2. The van der Waals surface area contributed by atoms with Gasteiger partial charge in [-0.2, -0.15) is 0 Å². The maximum Gasteiger partial charge on any atom is 0.509 e. The predicted molar refractivity (Wildman–Crippen MR) is 418 cm³/mol. The highest BCUT2D eigenvalue weighted by Crippen LogP contribution is 2.46. The largest absolute Gasteiger partial charge is 0.509 e. The third kappa shape index (κ3) is 19.6. The van der Waals surface area contributed by atoms with Crippen molar-refractivity contribution < 1.29 is 138 Å². The second kappa shape index (κ2) is 39.5. The van der Waals surface area contributed by atoms with Crippen LogP contribution in [-0.4, -0.2) is 221 Å². The number of aliphatic hydroxyl groups excluding tert-OH is 2. The van der Waals surface area contributed by atoms with Crippen LogP contribution in [0.4, 0.5) is 14.4 Å². The van der Waals surface area contributed by atoms with E-state index in [0.29, 0.717) is 19.8 Å². The van der Waals surface area contributed by atoms with Gasteiger partial charge in [-0.1, -0.05) is 242 Å². The average Bonchev–Trinajstić information content (AvgIpc) is 1.54. The van der Waals surface area contributed by atoms with E-state index in [2.05, 4.69) is 0 Å². The van der Waals surface area contributed by atoms with Gasteiger partial charge in [0.2, 0.25) is 0 Å². The van der Waals surface area contributed by atoms with Crippen LogP contribution in [0, 0.1) is 0 Å². The lowest BCUT2D eigenvalue weighted by molar-refractivity contribution is -0.373. The highest BCUT2D eigenvalue weighted by Gasteiger charge is 2.63. The third-order valence-corrected chi connectivity index (χ3v) is 23.4. The van der Waals surface area contributed by atoms with E-state index in [1.165, 1.54) is 18.9 Å². The highest BCUT2D eigenvalue weighted by molar-refractivity contribution is 7.99. The van der Waals surface area contributed by atoms with Crippen molar-refractivity contribution >= 4 is 30.2 Å². The van der Waals surface area contributed by atoms with Crippen molar-refractivity contribution in [3.05, 3.63) is 282 Å². The molecular formula is C90H94O29S. The number of benzene rings is 8. The number of methoxy groups -OCH3 is 1. The Kier molecular flexibility index (Phi) is 27.5. The lowest BCUT2D eigenvalue weighted by Gasteiger charge is -2.49. The van der Waals surface area contributed by atoms with Gasteiger partial charge in [-0.05, 0) is 41.3 Å². The third-order valence-electron chi connectivity index (χ3n) is 22.2. The fourth-order valence-corrected chi connectivity index (χ4v) is 17.4. The standard InChI is InChI=1S/C49H50O17.C21H26O6.C20H18O6S/c1-27-35(52-22-28-14-6-2-7-15-28)39(62-47-43-41(64-49(51)66-43)38-34(59-47)26-55-45(61-38)31-20-12-5-13-21-31)36(53-23-29-16-8-3-9-17-29)32(57-27)24-56-46-42-40(63-48(50)65-42)37-33(58-46)25-54-44(60-37)30-18-10-4-11-19-30;1-24-21-20(26-14-16-10-6-3-7-11-16)18(23)19(17(12-22)27-21)25-13-15-8-4-2-5-9-15;21-20-25-16-15-14(11-22-18(24-15)12-7-3-1-4-8-12)23-19(17(16)26-20)27-13-9-5-2-6-10-13/h2-21,27,32-47H,22-26H2,1H3;2-11,17-23H,12-14H2,1H3;1-10,14-19H,11H2/t27-,32?,33?,34?,35?,36?,37+,38+,39+,40-,41-,42?,43?,44?,45?,46-,47+;17?,18-,19+,20?,21-;14?,15-,16+,17?,18?,19-/m001/s1. The molecule has 14 unspecified atom stereocenters. The summed E-state index contributed by atoms with van der Waals surface area (Å²) in [6.45, 7) is 3.07. The Morgan fingerprint density at radius 1 is 0.350 bits per heavy atom. The van der Waals surface area contributed by atoms with Gasteiger partial charge < -0.3 is 124 Å². The van der Waals surface area contributed by atoms with Crippen LogP contribution < -0.4 is 0 Å². The van der Waals surface area contributed by atoms with E-state index in [1.807, 2.05) is 250 Å². The van der Waals surface area contributed by atoms with Crippen molar-refractivity contribution in [3.8, 4) is 0 Å². The monoisotopic (exact) mass is 1670 g/mol. The van der Waals surface area contributed by atoms with E-state index < -0.39 is 178 Å². The lowest BCUT2D eigenvalue weighted by Crippen LogP contribution is -2.66. The second-order valence-electron chi connectivity index (χ2n) is 30.1. The summed E-state index contributed by atoms with van der Waals surface area (Å²) in [4.78, 5) is 38.5. The van der Waals surface area contributed by atoms with Gasteiger partial charge in [0.15, 0.2) is 74.4 Å². The van der Waals surface area contributed by atoms with Gasteiger partial charge in [-0.15, -0.1) is 0 Å². The molecule has 11 aliphatic heterocycles. The van der Waals surface area contributed by atoms with Crippen molar-refractivity contribution in [1.29, 1.82) is 0 Å². The zero-order valence-electron chi connectivity index (χ0n) is 65.4. The Balaban J connectivity index is 0.000000155. The van der Waals surface area contributed by atoms with Crippen LogP contribution in [0.1, 0.15) is 64.7 Å². The van der Waals surface area contributed by atoms with Crippen molar-refractivity contribution in [3.63, 3.8) is 0 Å². The molecule has 29 nitrogen and oxygen atoms in total. The maximum atomic E-state index is 12.9. The zero-order chi connectivity index (χ0) is 81.8. The molecule has 8 aromatic carbocycles. The normalized spacial score (nSPS) is 35.1. The molecule has 0 spiro atoms. The average molecular weight is 1670 g/mol. The van der Waals surface area contributed by atoms with Crippen LogP contribution in [0.2, 0.25) is 0 Å². The van der Waals surface area contributed by atoms with Crippen LogP contribution in [0.3, 0.4) is 0 Å². The zero-order valence-corrected chi connectivity index (χ0v) is 66.3. The molecule has 120 heavy (non-hydrogen) atoms. The number of thioether (sulfide) groups is 1. The molecule has 19 rings (SSSR count). The van der Waals surface area contributed by atoms with Gasteiger partial charge in [-0.3, -0.25) is 0 Å². The van der Waals surface area contributed by atoms with Gasteiger partial charge in [-0.25, -0.2) is 14.4 Å². The summed E-state index contributed by atoms with van der Waals surface area (Å²) in [6, 6.07) is 77.2. The van der Waals surface area contributed by atoms with E-state index in [0.717, 1.165) is 43.8 Å². The first-order chi connectivity index (χ1) is 58.9. The van der Waals surface area contributed by atoms with E-state index in [1.54, 1.807) is 0 Å². The molecule has 0 saturated carbocycles. The van der Waals surface area contributed by atoms with E-state index >= 15 is 0 Å². The minimum atomic E-state index is -1.17. The van der Waals surface area contributed by atoms with Crippen molar-refractivity contribution in [2.45, 2.75) is 210 Å². The first kappa shape index (κ1) is 83.4. The number of carbonyl (C=O) groups is 3. The summed E-state index contributed by atoms with van der Waals surface area (Å²) >= 11 is 1.51. The van der Waals surface area contributed by atoms with Crippen molar-refractivity contribution in [1.82, 2.24) is 0 Å². The van der Waals surface area contributed by atoms with Crippen LogP contribution >= 0.6 is 11.8 Å². The molecule has 11 saturated heterocycles. The summed E-state index contributed by atoms with van der Waals surface area (Å²) in [5, 5.41) is 20.5. The van der Waals surface area contributed by atoms with Crippen molar-refractivity contribution in [2.75, 3.05) is 40.1 Å². The Morgan fingerprint density at radius 3 is 1.16 bits per heavy atom. The fraction of sp³-hybridized carbons (Fsp3) is 0.433. The molecule has 30 heteroatoms. The molecule has 0 amide bonds. The molecule has 0 aliphatic carbocycles. The topological polar surface area (TPSA) is 313 Å². The SMILES string of the molecule is CO[C@H]1OC(CO)[C@@H](OCc2ccccc2)[C@H](O)C1OCc1ccccc1.C[C@@H]1OC(CO[C@H]2OC3COC(c4ccccc4)O[C@H]3[C@@H]3OC(=O)OC23)C(OCc2ccccc2)[C@H](O[C@H]2OC3COC(c4ccccc4)O[C@H]3[C@@H]3OC(=O)OC23)C1OCc1ccccc1.O=C1OC2[C@@H](Sc3ccccc3)OC3COC(c4ccccc4)O[C@H]3[C@@H]2O1. The van der Waals surface area contributed by atoms with Crippen LogP contribution in [0.15, 0.2) is 248 Å². The Labute approximate surface area is 696 Å². The molecule has 11 heterocycles. The minimum absolute atomic E-state index is 0.116. The first-order valence-corrected chi connectivity index (χ1v) is 41.1. The Bertz CT molecular complexity index is 4470. The van der Waals surface area contributed by atoms with Crippen LogP contribution in [0.25, 0.3) is 0 Å².